The van der Waals surface area contributed by atoms with Gasteiger partial charge < -0.3 is 4.90 Å². The molecule has 5 rings (SSSR count). The highest BCUT2D eigenvalue weighted by Crippen LogP contribution is 2.35. The molecule has 1 aromatic carbocycles. The molecule has 2 aromatic heterocycles. The Hall–Kier alpha value is -2.73. The molecular weight excluding hydrogens is 388 g/mol. The van der Waals surface area contributed by atoms with Crippen LogP contribution in [0.4, 0.5) is 5.95 Å². The lowest BCUT2D eigenvalue weighted by Gasteiger charge is -2.28. The Kier molecular flexibility index (Phi) is 4.59. The molecule has 3 heterocycles. The number of piperidine rings is 1. The number of pyridine rings is 1. The Balaban J connectivity index is 1.59. The van der Waals surface area contributed by atoms with Gasteiger partial charge in [0, 0.05) is 36.3 Å². The third-order valence-corrected chi connectivity index (χ3v) is 6.26. The first kappa shape index (κ1) is 18.3. The fourth-order valence-corrected chi connectivity index (χ4v) is 4.61. The van der Waals surface area contributed by atoms with E-state index >= 15 is 0 Å². The number of Topliss-reactive ketones (excluding diaryl/α,β-unsaturated/α-hetero) is 1. The summed E-state index contributed by atoms with van der Waals surface area (Å²) in [6.07, 6.45) is 5.99. The summed E-state index contributed by atoms with van der Waals surface area (Å²) in [6.45, 7) is 1.77. The number of benzene rings is 1. The lowest BCUT2D eigenvalue weighted by atomic mass is 9.79. The lowest BCUT2D eigenvalue weighted by Crippen LogP contribution is -2.33. The highest BCUT2D eigenvalue weighted by atomic mass is 35.5. The number of anilines is 1. The van der Waals surface area contributed by atoms with E-state index in [4.69, 9.17) is 11.6 Å². The van der Waals surface area contributed by atoms with Gasteiger partial charge in [-0.1, -0.05) is 23.7 Å². The van der Waals surface area contributed by atoms with Crippen LogP contribution in [0.2, 0.25) is 5.02 Å². The van der Waals surface area contributed by atoms with Crippen molar-refractivity contribution in [1.29, 1.82) is 0 Å². The molecule has 6 nitrogen and oxygen atoms in total. The van der Waals surface area contributed by atoms with E-state index in [9.17, 15) is 9.59 Å². The van der Waals surface area contributed by atoms with Crippen molar-refractivity contribution in [2.24, 2.45) is 0 Å². The number of halogens is 1. The summed E-state index contributed by atoms with van der Waals surface area (Å²) in [6, 6.07) is 7.57. The monoisotopic (exact) mass is 408 g/mol. The first-order valence-electron chi connectivity index (χ1n) is 10.1. The van der Waals surface area contributed by atoms with Gasteiger partial charge in [-0.3, -0.25) is 14.6 Å². The van der Waals surface area contributed by atoms with E-state index in [1.165, 1.54) is 6.42 Å². The number of aromatic nitrogens is 3. The van der Waals surface area contributed by atoms with Crippen molar-refractivity contribution in [2.75, 3.05) is 18.0 Å². The van der Waals surface area contributed by atoms with Gasteiger partial charge in [-0.15, -0.1) is 0 Å². The molecule has 0 spiro atoms. The number of nitrogens with one attached hydrogen (secondary N) is 1. The van der Waals surface area contributed by atoms with E-state index in [0.717, 1.165) is 37.1 Å². The molecule has 0 saturated carbocycles. The number of ketones is 1. The molecule has 29 heavy (non-hydrogen) atoms. The first-order chi connectivity index (χ1) is 14.1. The minimum Gasteiger partial charge on any atom is -0.342 e. The average molecular weight is 409 g/mol. The second-order valence-corrected chi connectivity index (χ2v) is 8.30. The number of H-pyrrole nitrogens is 1. The number of rotatable bonds is 2. The second kappa shape index (κ2) is 7.26. The number of carbonyl (C=O) groups is 1. The van der Waals surface area contributed by atoms with Crippen LogP contribution in [-0.4, -0.2) is 33.8 Å². The number of fused-ring (bicyclic) bond motifs is 3. The maximum Gasteiger partial charge on any atom is 0.262 e. The molecule has 1 aliphatic carbocycles. The topological polar surface area (TPSA) is 79.0 Å². The average Bonchev–Trinajstić information content (AvgIpc) is 2.74. The van der Waals surface area contributed by atoms with Crippen molar-refractivity contribution < 1.29 is 4.79 Å². The standard InChI is InChI=1S/C22H21ClN4O2/c23-15-6-4-13(5-7-15)14-10-16-17(18(28)11-14)12-24-20-19(16)21(29)26-22(25-20)27-8-2-1-3-9-27/h4-7,12,14H,1-3,8-11H2,(H,24,25,26,29)/t14-/m0/s1. The molecule has 0 amide bonds. The van der Waals surface area contributed by atoms with Gasteiger partial charge in [0.15, 0.2) is 11.4 Å². The number of carbonyl (C=O) groups excluding carboxylic acids is 1. The highest BCUT2D eigenvalue weighted by Gasteiger charge is 2.30. The molecule has 0 radical (unpaired) electrons. The fraction of sp³-hybridized carbons (Fsp3) is 0.364. The molecular formula is C22H21ClN4O2. The van der Waals surface area contributed by atoms with Gasteiger partial charge in [0.25, 0.3) is 5.56 Å². The van der Waals surface area contributed by atoms with Crippen molar-refractivity contribution in [3.63, 3.8) is 0 Å². The Morgan fingerprint density at radius 1 is 1.03 bits per heavy atom. The molecule has 148 valence electrons. The van der Waals surface area contributed by atoms with Gasteiger partial charge in [0.2, 0.25) is 5.95 Å². The van der Waals surface area contributed by atoms with E-state index < -0.39 is 0 Å². The third-order valence-electron chi connectivity index (χ3n) is 6.01. The number of hydrogen-bond donors (Lipinski definition) is 1. The Labute approximate surface area is 172 Å². The van der Waals surface area contributed by atoms with Crippen LogP contribution in [0.3, 0.4) is 0 Å². The quantitative estimate of drug-likeness (QED) is 0.696. The van der Waals surface area contributed by atoms with Crippen LogP contribution < -0.4 is 10.5 Å². The molecule has 0 unspecified atom stereocenters. The van der Waals surface area contributed by atoms with Crippen molar-refractivity contribution >= 4 is 34.4 Å². The Morgan fingerprint density at radius 3 is 2.55 bits per heavy atom. The van der Waals surface area contributed by atoms with Gasteiger partial charge in [0.05, 0.1) is 5.39 Å². The van der Waals surface area contributed by atoms with Gasteiger partial charge in [-0.05, 0) is 54.9 Å². The predicted octanol–water partition coefficient (Wildman–Crippen LogP) is 3.87. The predicted molar refractivity (Wildman–Crippen MR) is 113 cm³/mol. The number of nitrogens with zero attached hydrogens (tertiary/aromatic N) is 3. The summed E-state index contributed by atoms with van der Waals surface area (Å²) in [5, 5.41) is 1.10. The van der Waals surface area contributed by atoms with Crippen LogP contribution >= 0.6 is 11.6 Å². The SMILES string of the molecule is O=C1C[C@@H](c2ccc(Cl)cc2)Cc2c1cnc1nc(N3CCCCC3)[nH]c(=O)c21. The zero-order valence-corrected chi connectivity index (χ0v) is 16.7. The molecule has 0 bridgehead atoms. The van der Waals surface area contributed by atoms with Crippen LogP contribution in [0.5, 0.6) is 0 Å². The zero-order valence-electron chi connectivity index (χ0n) is 15.9. The van der Waals surface area contributed by atoms with E-state index in [0.29, 0.717) is 40.4 Å². The molecule has 7 heteroatoms. The Bertz CT molecular complexity index is 1150. The van der Waals surface area contributed by atoms with Gasteiger partial charge >= 0.3 is 0 Å². The molecule has 1 saturated heterocycles. The van der Waals surface area contributed by atoms with Gasteiger partial charge in [0.1, 0.15) is 0 Å². The van der Waals surface area contributed by atoms with Crippen LogP contribution in [-0.2, 0) is 6.42 Å². The smallest absolute Gasteiger partial charge is 0.262 e. The summed E-state index contributed by atoms with van der Waals surface area (Å²) < 4.78 is 0. The van der Waals surface area contributed by atoms with E-state index in [1.54, 1.807) is 6.20 Å². The molecule has 1 atom stereocenters. The van der Waals surface area contributed by atoms with Crippen molar-refractivity contribution in [3.05, 3.63) is 62.5 Å². The highest BCUT2D eigenvalue weighted by molar-refractivity contribution is 6.30. The largest absolute Gasteiger partial charge is 0.342 e. The van der Waals surface area contributed by atoms with Crippen molar-refractivity contribution in [3.8, 4) is 0 Å². The van der Waals surface area contributed by atoms with Crippen LogP contribution in [0.1, 0.15) is 53.1 Å². The van der Waals surface area contributed by atoms with Crippen molar-refractivity contribution in [2.45, 2.75) is 38.0 Å². The summed E-state index contributed by atoms with van der Waals surface area (Å²) in [4.78, 5) is 39.9. The zero-order chi connectivity index (χ0) is 20.0. The maximum atomic E-state index is 13.0. The van der Waals surface area contributed by atoms with E-state index in [1.807, 2.05) is 24.3 Å². The normalized spacial score (nSPS) is 19.4. The molecule has 1 aliphatic heterocycles. The van der Waals surface area contributed by atoms with Crippen LogP contribution in [0.25, 0.3) is 11.0 Å². The third kappa shape index (κ3) is 3.31. The van der Waals surface area contributed by atoms with Crippen LogP contribution in [0, 0.1) is 0 Å². The van der Waals surface area contributed by atoms with E-state index in [2.05, 4.69) is 19.9 Å². The fourth-order valence-electron chi connectivity index (χ4n) is 4.48. The first-order valence-corrected chi connectivity index (χ1v) is 10.4. The van der Waals surface area contributed by atoms with Crippen molar-refractivity contribution in [1.82, 2.24) is 15.0 Å². The summed E-state index contributed by atoms with van der Waals surface area (Å²) in [5.41, 5.74) is 2.54. The minimum atomic E-state index is -0.218. The summed E-state index contributed by atoms with van der Waals surface area (Å²) >= 11 is 6.01. The molecule has 1 fully saturated rings. The molecule has 1 N–H and O–H groups in total. The van der Waals surface area contributed by atoms with Gasteiger partial charge in [-0.25, -0.2) is 4.98 Å². The minimum absolute atomic E-state index is 0.0130. The molecule has 2 aliphatic rings. The number of aromatic amines is 1. The molecule has 3 aromatic rings. The lowest BCUT2D eigenvalue weighted by molar-refractivity contribution is 0.0964. The van der Waals surface area contributed by atoms with Crippen LogP contribution in [0.15, 0.2) is 35.3 Å². The van der Waals surface area contributed by atoms with E-state index in [-0.39, 0.29) is 17.3 Å². The number of hydrogen-bond acceptors (Lipinski definition) is 5. The Morgan fingerprint density at radius 2 is 1.79 bits per heavy atom. The second-order valence-electron chi connectivity index (χ2n) is 7.87. The van der Waals surface area contributed by atoms with Gasteiger partial charge in [-0.2, -0.15) is 4.98 Å². The maximum absolute atomic E-state index is 13.0. The summed E-state index contributed by atoms with van der Waals surface area (Å²) in [7, 11) is 0. The summed E-state index contributed by atoms with van der Waals surface area (Å²) in [5.74, 6) is 0.602.